The van der Waals surface area contributed by atoms with Crippen molar-refractivity contribution in [2.45, 2.75) is 40.2 Å². The maximum atomic E-state index is 11.7. The van der Waals surface area contributed by atoms with Gasteiger partial charge in [0.2, 0.25) is 5.91 Å². The first-order valence-corrected chi connectivity index (χ1v) is 6.50. The first kappa shape index (κ1) is 14.7. The predicted molar refractivity (Wildman–Crippen MR) is 75.4 cm³/mol. The van der Waals surface area contributed by atoms with Gasteiger partial charge in [-0.25, -0.2) is 0 Å². The number of nitrogens with two attached hydrogens (primary N) is 1. The summed E-state index contributed by atoms with van der Waals surface area (Å²) >= 11 is 0. The van der Waals surface area contributed by atoms with E-state index in [2.05, 4.69) is 37.4 Å². The van der Waals surface area contributed by atoms with Crippen LogP contribution in [-0.4, -0.2) is 18.5 Å². The van der Waals surface area contributed by atoms with Gasteiger partial charge in [0.1, 0.15) is 0 Å². The van der Waals surface area contributed by atoms with Gasteiger partial charge in [0.05, 0.1) is 0 Å². The number of benzene rings is 1. The molecule has 0 saturated heterocycles. The van der Waals surface area contributed by atoms with Gasteiger partial charge in [0.25, 0.3) is 0 Å². The SMILES string of the molecule is Cc1ccc(CC(C)NC(=O)C(C)CN)c(C)c1. The van der Waals surface area contributed by atoms with Gasteiger partial charge in [-0.3, -0.25) is 4.79 Å². The van der Waals surface area contributed by atoms with Crippen molar-refractivity contribution < 1.29 is 4.79 Å². The Balaban J connectivity index is 2.59. The van der Waals surface area contributed by atoms with E-state index in [1.54, 1.807) is 0 Å². The minimum atomic E-state index is -0.119. The van der Waals surface area contributed by atoms with E-state index in [0.29, 0.717) is 6.54 Å². The number of aryl methyl sites for hydroxylation is 2. The molecule has 3 heteroatoms. The molecule has 0 aromatic heterocycles. The monoisotopic (exact) mass is 248 g/mol. The lowest BCUT2D eigenvalue weighted by molar-refractivity contribution is -0.124. The molecule has 0 bridgehead atoms. The van der Waals surface area contributed by atoms with Crippen molar-refractivity contribution in [1.29, 1.82) is 0 Å². The smallest absolute Gasteiger partial charge is 0.224 e. The summed E-state index contributed by atoms with van der Waals surface area (Å²) in [5.41, 5.74) is 9.32. The minimum Gasteiger partial charge on any atom is -0.353 e. The molecule has 3 N–H and O–H groups in total. The summed E-state index contributed by atoms with van der Waals surface area (Å²) in [4.78, 5) is 11.7. The van der Waals surface area contributed by atoms with Crippen molar-refractivity contribution in [3.63, 3.8) is 0 Å². The van der Waals surface area contributed by atoms with Crippen LogP contribution in [0.3, 0.4) is 0 Å². The number of amides is 1. The van der Waals surface area contributed by atoms with Crippen molar-refractivity contribution in [3.8, 4) is 0 Å². The minimum absolute atomic E-state index is 0.0368. The molecule has 0 saturated carbocycles. The van der Waals surface area contributed by atoms with E-state index in [1.807, 2.05) is 13.8 Å². The molecule has 18 heavy (non-hydrogen) atoms. The van der Waals surface area contributed by atoms with E-state index in [0.717, 1.165) is 6.42 Å². The molecule has 0 heterocycles. The first-order chi connectivity index (χ1) is 8.43. The molecule has 1 aromatic carbocycles. The van der Waals surface area contributed by atoms with Crippen LogP contribution in [0.1, 0.15) is 30.5 Å². The van der Waals surface area contributed by atoms with E-state index in [9.17, 15) is 4.79 Å². The quantitative estimate of drug-likeness (QED) is 0.836. The Kier molecular flexibility index (Phi) is 5.35. The molecule has 0 fully saturated rings. The summed E-state index contributed by atoms with van der Waals surface area (Å²) in [7, 11) is 0. The Morgan fingerprint density at radius 1 is 1.33 bits per heavy atom. The zero-order valence-electron chi connectivity index (χ0n) is 11.8. The Morgan fingerprint density at radius 3 is 2.56 bits per heavy atom. The molecule has 100 valence electrons. The van der Waals surface area contributed by atoms with Gasteiger partial charge in [-0.15, -0.1) is 0 Å². The maximum Gasteiger partial charge on any atom is 0.224 e. The van der Waals surface area contributed by atoms with Crippen LogP contribution in [0.2, 0.25) is 0 Å². The standard InChI is InChI=1S/C15H24N2O/c1-10-5-6-14(11(2)7-10)8-13(4)17-15(18)12(3)9-16/h5-7,12-13H,8-9,16H2,1-4H3,(H,17,18). The summed E-state index contributed by atoms with van der Waals surface area (Å²) in [6.07, 6.45) is 0.856. The lowest BCUT2D eigenvalue weighted by atomic mass is 9.99. The van der Waals surface area contributed by atoms with E-state index < -0.39 is 0 Å². The van der Waals surface area contributed by atoms with E-state index in [1.165, 1.54) is 16.7 Å². The fraction of sp³-hybridized carbons (Fsp3) is 0.533. The molecule has 3 nitrogen and oxygen atoms in total. The first-order valence-electron chi connectivity index (χ1n) is 6.50. The summed E-state index contributed by atoms with van der Waals surface area (Å²) in [5.74, 6) is -0.0821. The van der Waals surface area contributed by atoms with Crippen LogP contribution in [0.15, 0.2) is 18.2 Å². The topological polar surface area (TPSA) is 55.1 Å². The molecule has 1 aromatic rings. The Hall–Kier alpha value is -1.35. The third-order valence-electron chi connectivity index (χ3n) is 3.21. The van der Waals surface area contributed by atoms with E-state index in [4.69, 9.17) is 5.73 Å². The second kappa shape index (κ2) is 6.55. The molecule has 0 aliphatic carbocycles. The molecule has 2 atom stereocenters. The van der Waals surface area contributed by atoms with Crippen molar-refractivity contribution in [3.05, 3.63) is 34.9 Å². The van der Waals surface area contributed by atoms with Crippen molar-refractivity contribution in [2.24, 2.45) is 11.7 Å². The van der Waals surface area contributed by atoms with Crippen LogP contribution in [0.5, 0.6) is 0 Å². The molecule has 2 unspecified atom stereocenters. The third kappa shape index (κ3) is 4.15. The molecular weight excluding hydrogens is 224 g/mol. The van der Waals surface area contributed by atoms with Crippen LogP contribution in [0, 0.1) is 19.8 Å². The highest BCUT2D eigenvalue weighted by molar-refractivity contribution is 5.78. The molecule has 1 rings (SSSR count). The van der Waals surface area contributed by atoms with Gasteiger partial charge in [-0.05, 0) is 38.3 Å². The van der Waals surface area contributed by atoms with Gasteiger partial charge in [-0.2, -0.15) is 0 Å². The number of carbonyl (C=O) groups excluding carboxylic acids is 1. The Bertz CT molecular complexity index is 415. The fourth-order valence-corrected chi connectivity index (χ4v) is 1.95. The highest BCUT2D eigenvalue weighted by Gasteiger charge is 2.14. The number of nitrogens with one attached hydrogen (secondary N) is 1. The number of rotatable bonds is 5. The molecule has 1 amide bonds. The number of carbonyl (C=O) groups is 1. The van der Waals surface area contributed by atoms with Crippen LogP contribution in [-0.2, 0) is 11.2 Å². The summed E-state index contributed by atoms with van der Waals surface area (Å²) in [6.45, 7) is 8.46. The molecule has 0 aliphatic heterocycles. The normalized spacial score (nSPS) is 14.1. The van der Waals surface area contributed by atoms with E-state index in [-0.39, 0.29) is 17.9 Å². The lowest BCUT2D eigenvalue weighted by Gasteiger charge is -2.18. The fourth-order valence-electron chi connectivity index (χ4n) is 1.95. The largest absolute Gasteiger partial charge is 0.353 e. The Labute approximate surface area is 110 Å². The molecule has 0 spiro atoms. The van der Waals surface area contributed by atoms with Crippen LogP contribution in [0.25, 0.3) is 0 Å². The maximum absolute atomic E-state index is 11.7. The van der Waals surface area contributed by atoms with Crippen molar-refractivity contribution >= 4 is 5.91 Å². The Morgan fingerprint density at radius 2 is 2.00 bits per heavy atom. The summed E-state index contributed by atoms with van der Waals surface area (Å²) in [5, 5.41) is 3.00. The summed E-state index contributed by atoms with van der Waals surface area (Å²) < 4.78 is 0. The average Bonchev–Trinajstić information content (AvgIpc) is 2.31. The lowest BCUT2D eigenvalue weighted by Crippen LogP contribution is -2.39. The zero-order chi connectivity index (χ0) is 13.7. The van der Waals surface area contributed by atoms with Crippen molar-refractivity contribution in [1.82, 2.24) is 5.32 Å². The molecular formula is C15H24N2O. The second-order valence-electron chi connectivity index (χ2n) is 5.18. The summed E-state index contributed by atoms with van der Waals surface area (Å²) in [6, 6.07) is 6.55. The van der Waals surface area contributed by atoms with Crippen LogP contribution in [0.4, 0.5) is 0 Å². The van der Waals surface area contributed by atoms with Gasteiger partial charge < -0.3 is 11.1 Å². The van der Waals surface area contributed by atoms with Crippen molar-refractivity contribution in [2.75, 3.05) is 6.54 Å². The third-order valence-corrected chi connectivity index (χ3v) is 3.21. The van der Waals surface area contributed by atoms with E-state index >= 15 is 0 Å². The van der Waals surface area contributed by atoms with Crippen LogP contribution >= 0.6 is 0 Å². The van der Waals surface area contributed by atoms with Gasteiger partial charge in [0.15, 0.2) is 0 Å². The molecule has 0 aliphatic rings. The highest BCUT2D eigenvalue weighted by atomic mass is 16.1. The van der Waals surface area contributed by atoms with Crippen LogP contribution < -0.4 is 11.1 Å². The number of hydrogen-bond donors (Lipinski definition) is 2. The predicted octanol–water partition coefficient (Wildman–Crippen LogP) is 1.95. The zero-order valence-corrected chi connectivity index (χ0v) is 11.8. The number of hydrogen-bond acceptors (Lipinski definition) is 2. The second-order valence-corrected chi connectivity index (χ2v) is 5.18. The average molecular weight is 248 g/mol. The van der Waals surface area contributed by atoms with Gasteiger partial charge in [0, 0.05) is 18.5 Å². The molecule has 0 radical (unpaired) electrons. The van der Waals surface area contributed by atoms with Gasteiger partial charge >= 0.3 is 0 Å². The van der Waals surface area contributed by atoms with Gasteiger partial charge in [-0.1, -0.05) is 30.7 Å². The highest BCUT2D eigenvalue weighted by Crippen LogP contribution is 2.12.